The molecule has 0 spiro atoms. The summed E-state index contributed by atoms with van der Waals surface area (Å²) < 4.78 is 28.6. The predicted octanol–water partition coefficient (Wildman–Crippen LogP) is 3.49. The summed E-state index contributed by atoms with van der Waals surface area (Å²) >= 11 is 1.14. The van der Waals surface area contributed by atoms with Gasteiger partial charge in [0.25, 0.3) is 10.0 Å². The molecule has 204 valence electrons. The van der Waals surface area contributed by atoms with E-state index in [1.54, 1.807) is 18.3 Å². The van der Waals surface area contributed by atoms with Crippen LogP contribution in [0.2, 0.25) is 0 Å². The third-order valence-electron chi connectivity index (χ3n) is 7.02. The zero-order valence-corrected chi connectivity index (χ0v) is 24.0. The molecule has 1 atom stereocenters. The van der Waals surface area contributed by atoms with E-state index < -0.39 is 10.0 Å². The number of hydrogen-bond donors (Lipinski definition) is 3. The van der Waals surface area contributed by atoms with E-state index in [4.69, 9.17) is 9.97 Å². The molecule has 1 aliphatic heterocycles. The summed E-state index contributed by atoms with van der Waals surface area (Å²) in [4.78, 5) is 16.4. The monoisotopic (exact) mass is 556 g/mol. The molecule has 0 radical (unpaired) electrons. The molecule has 0 amide bonds. The highest BCUT2D eigenvalue weighted by Gasteiger charge is 2.33. The minimum absolute atomic E-state index is 0.140. The first-order chi connectivity index (χ1) is 18.2. The highest BCUT2D eigenvalue weighted by molar-refractivity contribution is 7.91. The molecule has 1 aromatic carbocycles. The van der Waals surface area contributed by atoms with Crippen LogP contribution in [-0.4, -0.2) is 78.4 Å². The number of aromatic nitrogens is 3. The van der Waals surface area contributed by atoms with Gasteiger partial charge in [0.05, 0.1) is 17.0 Å². The van der Waals surface area contributed by atoms with Crippen LogP contribution in [0.15, 0.2) is 34.8 Å². The maximum atomic E-state index is 13.4. The van der Waals surface area contributed by atoms with E-state index in [0.717, 1.165) is 58.8 Å². The van der Waals surface area contributed by atoms with E-state index >= 15 is 0 Å². The topological polar surface area (TPSA) is 115 Å². The van der Waals surface area contributed by atoms with Gasteiger partial charge in [-0.15, -0.1) is 0 Å². The molecule has 3 aromatic rings. The molecule has 2 fully saturated rings. The average molecular weight is 557 g/mol. The van der Waals surface area contributed by atoms with Crippen LogP contribution in [0.3, 0.4) is 0 Å². The van der Waals surface area contributed by atoms with Crippen LogP contribution in [0.1, 0.15) is 42.8 Å². The second-order valence-electron chi connectivity index (χ2n) is 10.2. The molecule has 3 heterocycles. The molecule has 1 saturated carbocycles. The number of para-hydroxylation sites is 1. The number of nitrogens with one attached hydrogen (secondary N) is 3. The molecule has 1 aliphatic carbocycles. The number of thiazole rings is 1. The number of rotatable bonds is 10. The Morgan fingerprint density at radius 3 is 2.58 bits per heavy atom. The fourth-order valence-corrected chi connectivity index (χ4v) is 7.75. The minimum atomic E-state index is -3.61. The van der Waals surface area contributed by atoms with E-state index in [9.17, 15) is 8.42 Å². The number of sulfonamides is 1. The highest BCUT2D eigenvalue weighted by atomic mass is 32.2. The van der Waals surface area contributed by atoms with Crippen molar-refractivity contribution in [1.82, 2.24) is 29.5 Å². The van der Waals surface area contributed by atoms with Gasteiger partial charge in [0.2, 0.25) is 0 Å². The normalized spacial score (nSPS) is 17.9. The van der Waals surface area contributed by atoms with E-state index in [2.05, 4.69) is 58.4 Å². The molecule has 2 aromatic heterocycles. The lowest BCUT2D eigenvalue weighted by Gasteiger charge is -2.35. The van der Waals surface area contributed by atoms with Crippen LogP contribution in [-0.2, 0) is 10.0 Å². The fraction of sp³-hybridized carbons (Fsp3) is 0.500. The first-order valence-electron chi connectivity index (χ1n) is 13.0. The summed E-state index contributed by atoms with van der Waals surface area (Å²) in [5.74, 6) is 2.86. The Labute approximate surface area is 228 Å². The van der Waals surface area contributed by atoms with Gasteiger partial charge in [-0.25, -0.2) is 23.4 Å². The van der Waals surface area contributed by atoms with Crippen LogP contribution >= 0.6 is 11.3 Å². The second kappa shape index (κ2) is 10.8. The van der Waals surface area contributed by atoms with Gasteiger partial charge in [-0.05, 0) is 45.2 Å². The number of anilines is 2. The molecule has 3 N–H and O–H groups in total. The highest BCUT2D eigenvalue weighted by Crippen LogP contribution is 2.39. The van der Waals surface area contributed by atoms with E-state index in [1.807, 2.05) is 6.07 Å². The second-order valence-corrected chi connectivity index (χ2v) is 13.3. The van der Waals surface area contributed by atoms with Crippen molar-refractivity contribution < 1.29 is 8.42 Å². The van der Waals surface area contributed by atoms with Gasteiger partial charge in [-0.3, -0.25) is 4.90 Å². The molecule has 1 saturated heterocycles. The first kappa shape index (κ1) is 26.8. The summed E-state index contributed by atoms with van der Waals surface area (Å²) in [6.45, 7) is 12.8. The third-order valence-corrected chi connectivity index (χ3v) is 10.6. The molecule has 12 heteroatoms. The Morgan fingerprint density at radius 2 is 1.89 bits per heavy atom. The van der Waals surface area contributed by atoms with Crippen LogP contribution in [0.25, 0.3) is 10.9 Å². The Balaban J connectivity index is 1.22. The lowest BCUT2D eigenvalue weighted by Crippen LogP contribution is -2.50. The third kappa shape index (κ3) is 5.63. The zero-order chi connectivity index (χ0) is 27.0. The largest absolute Gasteiger partial charge is 0.375 e. The Kier molecular flexibility index (Phi) is 7.58. The molecular weight excluding hydrogens is 520 g/mol. The van der Waals surface area contributed by atoms with Gasteiger partial charge < -0.3 is 16.0 Å². The zero-order valence-electron chi connectivity index (χ0n) is 22.4. The fourth-order valence-electron chi connectivity index (χ4n) is 4.75. The molecule has 0 unspecified atom stereocenters. The predicted molar refractivity (Wildman–Crippen MR) is 153 cm³/mol. The first-order valence-corrected chi connectivity index (χ1v) is 15.3. The molecule has 10 nitrogen and oxygen atoms in total. The van der Waals surface area contributed by atoms with E-state index in [1.165, 1.54) is 0 Å². The number of aryl methyl sites for hydroxylation is 2. The summed E-state index contributed by atoms with van der Waals surface area (Å²) in [5, 5.41) is 11.1. The number of nitrogens with zero attached hydrogens (tertiary/aromatic N) is 5. The SMILES string of the molecule is C=C(NC)Nc1nc(C)c(S(=O)(=O)N2CCN(C[C@H](C)Nc3nc(C4CC4)nc4c(C)cccc34)CC2)s1. The van der Waals surface area contributed by atoms with Gasteiger partial charge in [0, 0.05) is 57.1 Å². The summed E-state index contributed by atoms with van der Waals surface area (Å²) in [6.07, 6.45) is 2.31. The summed E-state index contributed by atoms with van der Waals surface area (Å²) in [7, 11) is -1.87. The van der Waals surface area contributed by atoms with Gasteiger partial charge in [0.1, 0.15) is 11.6 Å². The van der Waals surface area contributed by atoms with Crippen molar-refractivity contribution in [2.24, 2.45) is 0 Å². The molecular formula is C26H36N8O2S2. The standard InChI is InChI=1S/C26H36N8O2S2/c1-16-7-6-8-21-22(16)31-23(20-9-10-20)32-24(21)28-17(2)15-33-11-13-34(14-12-33)38(35,36)25-18(3)29-26(37-25)30-19(4)27-5/h6-8,17,20,27H,4,9-15H2,1-3,5H3,(H,29,30)(H,28,31,32)/t17-/m0/s1. The van der Waals surface area contributed by atoms with Crippen LogP contribution in [0.5, 0.6) is 0 Å². The number of piperazine rings is 1. The van der Waals surface area contributed by atoms with Crippen molar-refractivity contribution in [2.45, 2.75) is 49.8 Å². The summed E-state index contributed by atoms with van der Waals surface area (Å²) in [6, 6.07) is 6.36. The number of hydrogen-bond acceptors (Lipinski definition) is 10. The van der Waals surface area contributed by atoms with E-state index in [0.29, 0.717) is 48.7 Å². The summed E-state index contributed by atoms with van der Waals surface area (Å²) in [5.41, 5.74) is 2.68. The van der Waals surface area contributed by atoms with Crippen LogP contribution in [0, 0.1) is 13.8 Å². The van der Waals surface area contributed by atoms with Crippen molar-refractivity contribution in [1.29, 1.82) is 0 Å². The Bertz CT molecular complexity index is 1440. The lowest BCUT2D eigenvalue weighted by molar-refractivity contribution is 0.184. The molecule has 0 bridgehead atoms. The maximum Gasteiger partial charge on any atom is 0.254 e. The van der Waals surface area contributed by atoms with Crippen molar-refractivity contribution in [3.63, 3.8) is 0 Å². The minimum Gasteiger partial charge on any atom is -0.375 e. The van der Waals surface area contributed by atoms with E-state index in [-0.39, 0.29) is 10.3 Å². The quantitative estimate of drug-likeness (QED) is 0.345. The van der Waals surface area contributed by atoms with Crippen molar-refractivity contribution in [2.75, 3.05) is 50.4 Å². The maximum absolute atomic E-state index is 13.4. The lowest BCUT2D eigenvalue weighted by atomic mass is 10.1. The Morgan fingerprint density at radius 1 is 1.16 bits per heavy atom. The molecule has 2 aliphatic rings. The van der Waals surface area contributed by atoms with Gasteiger partial charge in [-0.2, -0.15) is 4.31 Å². The van der Waals surface area contributed by atoms with Crippen molar-refractivity contribution >= 4 is 43.2 Å². The molecule has 5 rings (SSSR count). The van der Waals surface area contributed by atoms with Crippen molar-refractivity contribution in [3.8, 4) is 0 Å². The van der Waals surface area contributed by atoms with Crippen LogP contribution < -0.4 is 16.0 Å². The number of fused-ring (bicyclic) bond motifs is 1. The van der Waals surface area contributed by atoms with Crippen molar-refractivity contribution in [3.05, 3.63) is 47.7 Å². The smallest absolute Gasteiger partial charge is 0.254 e. The van der Waals surface area contributed by atoms with Gasteiger partial charge >= 0.3 is 0 Å². The number of benzene rings is 1. The van der Waals surface area contributed by atoms with Crippen LogP contribution in [0.4, 0.5) is 10.9 Å². The average Bonchev–Trinajstić information content (AvgIpc) is 3.67. The van der Waals surface area contributed by atoms with Gasteiger partial charge in [-0.1, -0.05) is 30.0 Å². The molecule has 38 heavy (non-hydrogen) atoms. The van der Waals surface area contributed by atoms with Gasteiger partial charge in [0.15, 0.2) is 9.34 Å². The Hall–Kier alpha value is -2.80.